The van der Waals surface area contributed by atoms with Crippen LogP contribution in [0.2, 0.25) is 0 Å². The Hall–Kier alpha value is 1.61. The third kappa shape index (κ3) is 7.09. The lowest BCUT2D eigenvalue weighted by molar-refractivity contribution is 0.298. The van der Waals surface area contributed by atoms with Crippen LogP contribution in [0.3, 0.4) is 0 Å². The fourth-order valence-electron chi connectivity index (χ4n) is 2.20. The molecular formula is C18H6Br9O4P. The summed E-state index contributed by atoms with van der Waals surface area (Å²) in [6.07, 6.45) is 0. The van der Waals surface area contributed by atoms with Crippen LogP contribution in [-0.2, 0) is 4.57 Å². The van der Waals surface area contributed by atoms with E-state index >= 15 is 0 Å². The first-order valence-corrected chi connectivity index (χ1v) is 16.6. The first kappa shape index (κ1) is 28.2. The Morgan fingerprint density at radius 3 is 0.812 bits per heavy atom. The van der Waals surface area contributed by atoms with Crippen LogP contribution in [0.25, 0.3) is 0 Å². The molecule has 0 fully saturated rings. The lowest BCUT2D eigenvalue weighted by Gasteiger charge is -2.21. The van der Waals surface area contributed by atoms with Gasteiger partial charge in [0.15, 0.2) is 0 Å². The smallest absolute Gasteiger partial charge is 0.386 e. The summed E-state index contributed by atoms with van der Waals surface area (Å²) in [5, 5.41) is 0. The van der Waals surface area contributed by atoms with Crippen LogP contribution < -0.4 is 13.6 Å². The number of hydrogen-bond donors (Lipinski definition) is 0. The fraction of sp³-hybridized carbons (Fsp3) is 0. The van der Waals surface area contributed by atoms with Crippen LogP contribution in [0.5, 0.6) is 17.2 Å². The molecule has 0 spiro atoms. The summed E-state index contributed by atoms with van der Waals surface area (Å²) in [5.74, 6) is 0.794. The van der Waals surface area contributed by atoms with Gasteiger partial charge in [0.1, 0.15) is 17.2 Å². The molecule has 0 saturated carbocycles. The molecular weight excluding hydrogens is 1030 g/mol. The standard InChI is InChI=1S/C18H6Br9O4P/c19-10-1-7(2-11(20)16(10)25)29-32(28,30-8-3-12(21)17(26)13(22)4-8)31-9-5-14(23)18(27)15(24)6-9/h1-6H. The van der Waals surface area contributed by atoms with E-state index in [2.05, 4.69) is 143 Å². The second kappa shape index (κ2) is 11.8. The van der Waals surface area contributed by atoms with Crippen molar-refractivity contribution in [2.75, 3.05) is 0 Å². The maximum Gasteiger partial charge on any atom is 0.647 e. The van der Waals surface area contributed by atoms with E-state index in [0.29, 0.717) is 26.8 Å². The SMILES string of the molecule is O=P(Oc1cc(Br)c(Br)c(Br)c1)(Oc1cc(Br)c(Br)c(Br)c1)Oc1cc(Br)c(Br)c(Br)c1. The van der Waals surface area contributed by atoms with Crippen molar-refractivity contribution in [3.8, 4) is 17.2 Å². The van der Waals surface area contributed by atoms with Gasteiger partial charge in [0.2, 0.25) is 0 Å². The molecule has 3 aromatic rings. The van der Waals surface area contributed by atoms with Crippen LogP contribution in [0.4, 0.5) is 0 Å². The van der Waals surface area contributed by atoms with E-state index in [1.54, 1.807) is 36.4 Å². The summed E-state index contributed by atoms with van der Waals surface area (Å²) >= 11 is 30.9. The predicted octanol–water partition coefficient (Wildman–Crippen LogP) is 12.2. The van der Waals surface area contributed by atoms with E-state index in [9.17, 15) is 4.57 Å². The Morgan fingerprint density at radius 2 is 0.625 bits per heavy atom. The number of hydrogen-bond acceptors (Lipinski definition) is 4. The number of phosphoric ester groups is 1. The number of halogens is 9. The lowest BCUT2D eigenvalue weighted by atomic mass is 10.3. The van der Waals surface area contributed by atoms with Gasteiger partial charge in [-0.1, -0.05) is 0 Å². The van der Waals surface area contributed by atoms with Gasteiger partial charge in [-0.05, 0) is 180 Å². The van der Waals surface area contributed by atoms with Crippen molar-refractivity contribution in [2.24, 2.45) is 0 Å². The molecule has 32 heavy (non-hydrogen) atoms. The lowest BCUT2D eigenvalue weighted by Crippen LogP contribution is -2.08. The minimum absolute atomic E-state index is 0.265. The van der Waals surface area contributed by atoms with E-state index < -0.39 is 7.82 Å². The average molecular weight is 1040 g/mol. The summed E-state index contributed by atoms with van der Waals surface area (Å²) in [6.45, 7) is 0. The molecule has 0 aliphatic heterocycles. The maximum atomic E-state index is 13.9. The molecule has 0 radical (unpaired) electrons. The van der Waals surface area contributed by atoms with E-state index in [1.807, 2.05) is 0 Å². The van der Waals surface area contributed by atoms with E-state index in [-0.39, 0.29) is 17.2 Å². The molecule has 4 nitrogen and oxygen atoms in total. The Kier molecular flexibility index (Phi) is 10.4. The zero-order chi connectivity index (χ0) is 23.8. The molecule has 0 saturated heterocycles. The third-order valence-electron chi connectivity index (χ3n) is 3.52. The number of benzene rings is 3. The highest BCUT2D eigenvalue weighted by molar-refractivity contribution is 9.15. The molecule has 0 unspecified atom stereocenters. The van der Waals surface area contributed by atoms with Crippen molar-refractivity contribution in [2.45, 2.75) is 0 Å². The fourth-order valence-corrected chi connectivity index (χ4v) is 7.52. The molecule has 3 rings (SSSR count). The largest absolute Gasteiger partial charge is 0.647 e. The highest BCUT2D eigenvalue weighted by Gasteiger charge is 2.34. The Bertz CT molecular complexity index is 1030. The van der Waals surface area contributed by atoms with E-state index in [0.717, 1.165) is 13.4 Å². The quantitative estimate of drug-likeness (QED) is 0.182. The molecule has 0 aliphatic rings. The predicted molar refractivity (Wildman–Crippen MR) is 158 cm³/mol. The van der Waals surface area contributed by atoms with Crippen molar-refractivity contribution in [1.82, 2.24) is 0 Å². The zero-order valence-corrected chi connectivity index (χ0v) is 30.1. The van der Waals surface area contributed by atoms with Crippen molar-refractivity contribution >= 4 is 151 Å². The van der Waals surface area contributed by atoms with Gasteiger partial charge in [0.05, 0.1) is 0 Å². The molecule has 0 aromatic heterocycles. The third-order valence-corrected chi connectivity index (χ3v) is 14.3. The van der Waals surface area contributed by atoms with E-state index in [4.69, 9.17) is 13.6 Å². The second-order valence-corrected chi connectivity index (χ2v) is 14.8. The molecule has 0 amide bonds. The summed E-state index contributed by atoms with van der Waals surface area (Å²) in [5.41, 5.74) is 0. The van der Waals surface area contributed by atoms with Crippen LogP contribution in [0.15, 0.2) is 76.7 Å². The van der Waals surface area contributed by atoms with Gasteiger partial charge in [-0.15, -0.1) is 0 Å². The van der Waals surface area contributed by atoms with Gasteiger partial charge in [-0.25, -0.2) is 0 Å². The van der Waals surface area contributed by atoms with Crippen molar-refractivity contribution in [3.05, 3.63) is 76.7 Å². The van der Waals surface area contributed by atoms with Gasteiger partial charge in [0, 0.05) is 40.3 Å². The van der Waals surface area contributed by atoms with Gasteiger partial charge < -0.3 is 13.6 Å². The highest BCUT2D eigenvalue weighted by atomic mass is 79.9. The number of rotatable bonds is 6. The molecule has 3 aromatic carbocycles. The maximum absolute atomic E-state index is 13.9. The topological polar surface area (TPSA) is 44.8 Å². The zero-order valence-electron chi connectivity index (χ0n) is 14.9. The average Bonchev–Trinajstić information content (AvgIpc) is 2.68. The minimum Gasteiger partial charge on any atom is -0.386 e. The van der Waals surface area contributed by atoms with Gasteiger partial charge in [-0.2, -0.15) is 4.57 Å². The van der Waals surface area contributed by atoms with Gasteiger partial charge in [-0.3, -0.25) is 0 Å². The van der Waals surface area contributed by atoms with Crippen LogP contribution in [0.1, 0.15) is 0 Å². The molecule has 0 heterocycles. The Labute approximate surface area is 259 Å². The monoisotopic (exact) mass is 1030 g/mol. The number of phosphoric acid groups is 1. The second-order valence-electron chi connectivity index (χ2n) is 5.82. The van der Waals surface area contributed by atoms with Crippen LogP contribution in [0, 0.1) is 0 Å². The molecule has 0 aliphatic carbocycles. The molecule has 0 atom stereocenters. The summed E-state index contributed by atoms with van der Waals surface area (Å²) in [6, 6.07) is 9.89. The summed E-state index contributed by atoms with van der Waals surface area (Å²) in [4.78, 5) is 0. The van der Waals surface area contributed by atoms with Crippen LogP contribution in [-0.4, -0.2) is 0 Å². The normalized spacial score (nSPS) is 11.4. The first-order chi connectivity index (χ1) is 14.9. The highest BCUT2D eigenvalue weighted by Crippen LogP contribution is 2.53. The summed E-state index contributed by atoms with van der Waals surface area (Å²) in [7, 11) is -4.22. The molecule has 0 bridgehead atoms. The Morgan fingerprint density at radius 1 is 0.438 bits per heavy atom. The van der Waals surface area contributed by atoms with Gasteiger partial charge >= 0.3 is 7.82 Å². The molecule has 0 N–H and O–H groups in total. The van der Waals surface area contributed by atoms with Crippen LogP contribution >= 0.6 is 151 Å². The Balaban J connectivity index is 2.05. The van der Waals surface area contributed by atoms with Crippen molar-refractivity contribution < 1.29 is 18.1 Å². The van der Waals surface area contributed by atoms with E-state index in [1.165, 1.54) is 0 Å². The van der Waals surface area contributed by atoms with Crippen molar-refractivity contribution in [3.63, 3.8) is 0 Å². The minimum atomic E-state index is -4.22. The van der Waals surface area contributed by atoms with Crippen molar-refractivity contribution in [1.29, 1.82) is 0 Å². The molecule has 14 heteroatoms. The molecule has 170 valence electrons. The first-order valence-electron chi connectivity index (χ1n) is 8.01. The summed E-state index contributed by atoms with van der Waals surface area (Å²) < 4.78 is 37.7. The van der Waals surface area contributed by atoms with Gasteiger partial charge in [0.25, 0.3) is 0 Å².